The van der Waals surface area contributed by atoms with Crippen LogP contribution in [0, 0.1) is 0 Å². The number of ether oxygens (including phenoxy) is 3. The number of hydrogen-bond acceptors (Lipinski definition) is 7. The quantitative estimate of drug-likeness (QED) is 0.368. The summed E-state index contributed by atoms with van der Waals surface area (Å²) in [5.74, 6) is 1.13. The van der Waals surface area contributed by atoms with Gasteiger partial charge < -0.3 is 29.3 Å². The van der Waals surface area contributed by atoms with Crippen LogP contribution in [0.5, 0.6) is 11.8 Å². The number of carbonyl (C=O) groups is 1. The molecule has 2 aromatic rings. The van der Waals surface area contributed by atoms with E-state index in [1.165, 1.54) is 0 Å². The van der Waals surface area contributed by atoms with Crippen molar-refractivity contribution in [2.24, 2.45) is 0 Å². The monoisotopic (exact) mass is 498 g/mol. The van der Waals surface area contributed by atoms with Gasteiger partial charge in [-0.25, -0.2) is 4.79 Å². The second kappa shape index (κ2) is 13.2. The Morgan fingerprint density at radius 3 is 2.33 bits per heavy atom. The highest BCUT2D eigenvalue weighted by Crippen LogP contribution is 2.30. The van der Waals surface area contributed by atoms with E-state index in [1.807, 2.05) is 45.0 Å². The van der Waals surface area contributed by atoms with Crippen LogP contribution >= 0.6 is 0 Å². The van der Waals surface area contributed by atoms with Crippen LogP contribution in [0.2, 0.25) is 0 Å². The number of pyridine rings is 1. The van der Waals surface area contributed by atoms with Crippen LogP contribution in [-0.2, 0) is 4.74 Å². The van der Waals surface area contributed by atoms with Crippen molar-refractivity contribution in [2.75, 3.05) is 49.6 Å². The highest BCUT2D eigenvalue weighted by molar-refractivity contribution is 5.70. The van der Waals surface area contributed by atoms with E-state index < -0.39 is 5.60 Å². The molecule has 198 valence electrons. The fourth-order valence-corrected chi connectivity index (χ4v) is 3.75. The SMILES string of the molecule is CCCCOc1ccc(Nc2cccc(N3CCN(C(=O)OC(C)(C)C)CC3)c2)c(OCCCC)n1. The van der Waals surface area contributed by atoms with Crippen LogP contribution in [0.1, 0.15) is 60.3 Å². The summed E-state index contributed by atoms with van der Waals surface area (Å²) in [6, 6.07) is 12.1. The maximum absolute atomic E-state index is 12.4. The van der Waals surface area contributed by atoms with Crippen molar-refractivity contribution in [2.45, 2.75) is 65.9 Å². The highest BCUT2D eigenvalue weighted by atomic mass is 16.6. The molecule has 0 aliphatic carbocycles. The zero-order chi connectivity index (χ0) is 26.0. The van der Waals surface area contributed by atoms with Crippen LogP contribution in [0.15, 0.2) is 36.4 Å². The Morgan fingerprint density at radius 1 is 0.972 bits per heavy atom. The van der Waals surface area contributed by atoms with E-state index in [1.54, 1.807) is 4.90 Å². The molecule has 0 saturated carbocycles. The van der Waals surface area contributed by atoms with Crippen molar-refractivity contribution in [1.29, 1.82) is 0 Å². The molecule has 36 heavy (non-hydrogen) atoms. The van der Waals surface area contributed by atoms with Crippen molar-refractivity contribution in [1.82, 2.24) is 9.88 Å². The van der Waals surface area contributed by atoms with E-state index in [2.05, 4.69) is 41.2 Å². The first-order chi connectivity index (χ1) is 17.3. The number of hydrogen-bond donors (Lipinski definition) is 1. The van der Waals surface area contributed by atoms with Crippen molar-refractivity contribution >= 4 is 23.2 Å². The van der Waals surface area contributed by atoms with Gasteiger partial charge in [-0.3, -0.25) is 0 Å². The first-order valence-electron chi connectivity index (χ1n) is 13.2. The number of nitrogens with one attached hydrogen (secondary N) is 1. The third-order valence-corrected chi connectivity index (χ3v) is 5.74. The molecule has 1 aliphatic heterocycles. The predicted octanol–water partition coefficient (Wildman–Crippen LogP) is 6.24. The zero-order valence-corrected chi connectivity index (χ0v) is 22.5. The van der Waals surface area contributed by atoms with Gasteiger partial charge in [-0.15, -0.1) is 0 Å². The van der Waals surface area contributed by atoms with Crippen LogP contribution in [0.3, 0.4) is 0 Å². The average molecular weight is 499 g/mol. The molecule has 8 heteroatoms. The third-order valence-electron chi connectivity index (χ3n) is 5.74. The Balaban J connectivity index is 1.66. The Kier molecular flexibility index (Phi) is 10.1. The van der Waals surface area contributed by atoms with Gasteiger partial charge >= 0.3 is 6.09 Å². The number of benzene rings is 1. The molecule has 1 aliphatic rings. The molecule has 2 heterocycles. The van der Waals surface area contributed by atoms with Gasteiger partial charge in [-0.05, 0) is 57.9 Å². The highest BCUT2D eigenvalue weighted by Gasteiger charge is 2.26. The number of piperazine rings is 1. The lowest BCUT2D eigenvalue weighted by atomic mass is 10.2. The first-order valence-corrected chi connectivity index (χ1v) is 13.2. The minimum atomic E-state index is -0.484. The van der Waals surface area contributed by atoms with Gasteiger partial charge in [0.25, 0.3) is 0 Å². The fraction of sp³-hybridized carbons (Fsp3) is 0.571. The number of anilines is 3. The Hall–Kier alpha value is -3.16. The summed E-state index contributed by atoms with van der Waals surface area (Å²) >= 11 is 0. The summed E-state index contributed by atoms with van der Waals surface area (Å²) < 4.78 is 17.3. The Labute approximate surface area is 215 Å². The maximum Gasteiger partial charge on any atom is 0.410 e. The van der Waals surface area contributed by atoms with Crippen LogP contribution in [0.4, 0.5) is 21.9 Å². The smallest absolute Gasteiger partial charge is 0.410 e. The molecule has 1 amide bonds. The second-order valence-electron chi connectivity index (χ2n) is 10.0. The van der Waals surface area contributed by atoms with Gasteiger partial charge in [0.05, 0.1) is 13.2 Å². The number of carbonyl (C=O) groups excluding carboxylic acids is 1. The van der Waals surface area contributed by atoms with E-state index in [9.17, 15) is 4.79 Å². The molecule has 1 fully saturated rings. The lowest BCUT2D eigenvalue weighted by Gasteiger charge is -2.36. The summed E-state index contributed by atoms with van der Waals surface area (Å²) in [6.07, 6.45) is 3.84. The molecule has 0 atom stereocenters. The van der Waals surface area contributed by atoms with Gasteiger partial charge in [0.2, 0.25) is 11.8 Å². The maximum atomic E-state index is 12.4. The molecule has 1 aromatic carbocycles. The van der Waals surface area contributed by atoms with Gasteiger partial charge in [0.1, 0.15) is 11.3 Å². The van der Waals surface area contributed by atoms with Crippen molar-refractivity contribution in [3.05, 3.63) is 36.4 Å². The number of nitrogens with zero attached hydrogens (tertiary/aromatic N) is 3. The molecular formula is C28H42N4O4. The fourth-order valence-electron chi connectivity index (χ4n) is 3.75. The van der Waals surface area contributed by atoms with E-state index in [0.29, 0.717) is 38.1 Å². The molecule has 0 bridgehead atoms. The molecule has 1 N–H and O–H groups in total. The van der Waals surface area contributed by atoms with Gasteiger partial charge in [0, 0.05) is 43.6 Å². The van der Waals surface area contributed by atoms with Crippen LogP contribution in [-0.4, -0.2) is 61.0 Å². The van der Waals surface area contributed by atoms with Gasteiger partial charge in [-0.1, -0.05) is 32.8 Å². The van der Waals surface area contributed by atoms with E-state index in [4.69, 9.17) is 14.2 Å². The van der Waals surface area contributed by atoms with E-state index in [-0.39, 0.29) is 6.09 Å². The molecule has 3 rings (SSSR count). The lowest BCUT2D eigenvalue weighted by Crippen LogP contribution is -2.50. The number of aromatic nitrogens is 1. The van der Waals surface area contributed by atoms with E-state index in [0.717, 1.165) is 55.8 Å². The minimum absolute atomic E-state index is 0.247. The Morgan fingerprint density at radius 2 is 1.67 bits per heavy atom. The number of unbranched alkanes of at least 4 members (excludes halogenated alkanes) is 2. The molecule has 8 nitrogen and oxygen atoms in total. The average Bonchev–Trinajstić information content (AvgIpc) is 2.85. The standard InChI is InChI=1S/C28H42N4O4/c1-6-8-19-34-25-14-13-24(26(30-25)35-20-9-7-2)29-22-11-10-12-23(21-22)31-15-17-32(18-16-31)27(33)36-28(3,4)5/h10-14,21,29H,6-9,15-20H2,1-5H3. The van der Waals surface area contributed by atoms with Gasteiger partial charge in [0.15, 0.2) is 0 Å². The summed E-state index contributed by atoms with van der Waals surface area (Å²) in [7, 11) is 0. The van der Waals surface area contributed by atoms with Crippen LogP contribution in [0.25, 0.3) is 0 Å². The largest absolute Gasteiger partial charge is 0.478 e. The van der Waals surface area contributed by atoms with Crippen LogP contribution < -0.4 is 19.7 Å². The molecule has 1 aromatic heterocycles. The van der Waals surface area contributed by atoms with Crippen molar-refractivity contribution < 1.29 is 19.0 Å². The lowest BCUT2D eigenvalue weighted by molar-refractivity contribution is 0.0240. The third kappa shape index (κ3) is 8.50. The second-order valence-corrected chi connectivity index (χ2v) is 10.0. The normalized spacial score (nSPS) is 13.9. The number of rotatable bonds is 11. The van der Waals surface area contributed by atoms with Crippen molar-refractivity contribution in [3.63, 3.8) is 0 Å². The summed E-state index contributed by atoms with van der Waals surface area (Å²) in [5.41, 5.74) is 2.37. The summed E-state index contributed by atoms with van der Waals surface area (Å²) in [4.78, 5) is 21.1. The van der Waals surface area contributed by atoms with E-state index >= 15 is 0 Å². The molecule has 0 radical (unpaired) electrons. The summed E-state index contributed by atoms with van der Waals surface area (Å²) in [6.45, 7) is 14.0. The zero-order valence-electron chi connectivity index (χ0n) is 22.5. The van der Waals surface area contributed by atoms with Gasteiger partial charge in [-0.2, -0.15) is 4.98 Å². The Bertz CT molecular complexity index is 968. The molecule has 0 unspecified atom stereocenters. The van der Waals surface area contributed by atoms with Crippen molar-refractivity contribution in [3.8, 4) is 11.8 Å². The molecular weight excluding hydrogens is 456 g/mol. The molecule has 0 spiro atoms. The molecule has 1 saturated heterocycles. The number of amides is 1. The predicted molar refractivity (Wildman–Crippen MR) is 145 cm³/mol. The summed E-state index contributed by atoms with van der Waals surface area (Å²) in [5, 5.41) is 3.47. The topological polar surface area (TPSA) is 76.2 Å². The first kappa shape index (κ1) is 27.4. The minimum Gasteiger partial charge on any atom is -0.478 e.